The molecule has 0 atom stereocenters. The lowest BCUT2D eigenvalue weighted by Gasteiger charge is -2.07. The molecular weight excluding hydrogens is 180 g/mol. The van der Waals surface area contributed by atoms with Gasteiger partial charge in [-0.05, 0) is 18.6 Å². The lowest BCUT2D eigenvalue weighted by molar-refractivity contribution is 0.0993. The van der Waals surface area contributed by atoms with E-state index in [1.54, 1.807) is 18.3 Å². The minimum atomic E-state index is 0.479. The first kappa shape index (κ1) is 10.8. The molecule has 1 aromatic heterocycles. The molecule has 0 amide bonds. The molecule has 0 unspecified atom stereocenters. The molecule has 0 aliphatic heterocycles. The second kappa shape index (κ2) is 6.21. The van der Waals surface area contributed by atoms with Crippen LogP contribution in [0.3, 0.4) is 0 Å². The van der Waals surface area contributed by atoms with Crippen LogP contribution in [0.4, 0.5) is 5.69 Å². The number of rotatable bonds is 6. The Morgan fingerprint density at radius 3 is 2.93 bits per heavy atom. The van der Waals surface area contributed by atoms with Gasteiger partial charge in [-0.25, -0.2) is 4.98 Å². The molecule has 0 aromatic carbocycles. The van der Waals surface area contributed by atoms with Crippen molar-refractivity contribution in [1.29, 1.82) is 0 Å². The fourth-order valence-electron chi connectivity index (χ4n) is 0.968. The van der Waals surface area contributed by atoms with E-state index < -0.39 is 0 Å². The first-order chi connectivity index (χ1) is 6.84. The summed E-state index contributed by atoms with van der Waals surface area (Å²) in [5.74, 6) is 0.479. The highest BCUT2D eigenvalue weighted by molar-refractivity contribution is 5.46. The maximum Gasteiger partial charge on any atom is 0.237 e. The van der Waals surface area contributed by atoms with Gasteiger partial charge in [0.15, 0.2) is 0 Å². The van der Waals surface area contributed by atoms with Crippen LogP contribution in [0, 0.1) is 0 Å². The third-order valence-corrected chi connectivity index (χ3v) is 1.62. The number of ether oxygens (including phenoxy) is 2. The minimum Gasteiger partial charge on any atom is -0.474 e. The van der Waals surface area contributed by atoms with Gasteiger partial charge < -0.3 is 15.2 Å². The molecule has 0 radical (unpaired) electrons. The van der Waals surface area contributed by atoms with Crippen molar-refractivity contribution in [2.24, 2.45) is 0 Å². The molecule has 0 saturated heterocycles. The number of hydrogen-bond donors (Lipinski definition) is 1. The lowest BCUT2D eigenvalue weighted by atomic mass is 10.4. The molecule has 0 spiro atoms. The topological polar surface area (TPSA) is 57.4 Å². The molecule has 2 N–H and O–H groups in total. The minimum absolute atomic E-state index is 0.479. The van der Waals surface area contributed by atoms with Gasteiger partial charge in [-0.1, -0.05) is 6.92 Å². The predicted molar refractivity (Wildman–Crippen MR) is 55.3 cm³/mol. The first-order valence-corrected chi connectivity index (χ1v) is 4.75. The molecule has 4 heteroatoms. The molecule has 0 fully saturated rings. The number of pyridine rings is 1. The molecule has 0 saturated carbocycles. The van der Waals surface area contributed by atoms with Crippen LogP contribution in [-0.2, 0) is 4.74 Å². The molecule has 0 aliphatic rings. The van der Waals surface area contributed by atoms with E-state index in [9.17, 15) is 0 Å². The summed E-state index contributed by atoms with van der Waals surface area (Å²) < 4.78 is 10.6. The summed E-state index contributed by atoms with van der Waals surface area (Å²) in [6.45, 7) is 3.89. The summed E-state index contributed by atoms with van der Waals surface area (Å²) in [7, 11) is 0. The maximum atomic E-state index is 5.63. The van der Waals surface area contributed by atoms with Crippen LogP contribution >= 0.6 is 0 Å². The zero-order valence-electron chi connectivity index (χ0n) is 8.40. The largest absolute Gasteiger partial charge is 0.474 e. The van der Waals surface area contributed by atoms with Crippen molar-refractivity contribution < 1.29 is 9.47 Å². The van der Waals surface area contributed by atoms with Crippen LogP contribution in [0.5, 0.6) is 5.88 Å². The normalized spacial score (nSPS) is 10.1. The van der Waals surface area contributed by atoms with Crippen LogP contribution in [-0.4, -0.2) is 24.8 Å². The highest BCUT2D eigenvalue weighted by Gasteiger charge is 1.98. The van der Waals surface area contributed by atoms with E-state index in [1.165, 1.54) is 0 Å². The monoisotopic (exact) mass is 196 g/mol. The maximum absolute atomic E-state index is 5.63. The molecular formula is C10H16N2O2. The standard InChI is InChI=1S/C10H16N2O2/c1-2-6-13-7-8-14-10-9(11)4-3-5-12-10/h3-5H,2,6-8,11H2,1H3. The van der Waals surface area contributed by atoms with E-state index in [0.29, 0.717) is 24.8 Å². The Morgan fingerprint density at radius 2 is 2.21 bits per heavy atom. The third kappa shape index (κ3) is 3.62. The molecule has 14 heavy (non-hydrogen) atoms. The quantitative estimate of drug-likeness (QED) is 0.700. The number of anilines is 1. The van der Waals surface area contributed by atoms with Crippen molar-refractivity contribution in [3.05, 3.63) is 18.3 Å². The molecule has 78 valence electrons. The van der Waals surface area contributed by atoms with Gasteiger partial charge in [0.25, 0.3) is 0 Å². The Morgan fingerprint density at radius 1 is 1.36 bits per heavy atom. The summed E-state index contributed by atoms with van der Waals surface area (Å²) >= 11 is 0. The second-order valence-electron chi connectivity index (χ2n) is 2.86. The number of nitrogens with zero attached hydrogens (tertiary/aromatic N) is 1. The molecule has 1 heterocycles. The van der Waals surface area contributed by atoms with Crippen molar-refractivity contribution in [3.63, 3.8) is 0 Å². The summed E-state index contributed by atoms with van der Waals surface area (Å²) in [4.78, 5) is 3.99. The molecule has 1 rings (SSSR count). The van der Waals surface area contributed by atoms with Gasteiger partial charge in [0, 0.05) is 12.8 Å². The van der Waals surface area contributed by atoms with Crippen LogP contribution < -0.4 is 10.5 Å². The summed E-state index contributed by atoms with van der Waals surface area (Å²) in [6, 6.07) is 3.53. The summed E-state index contributed by atoms with van der Waals surface area (Å²) in [5.41, 5.74) is 6.19. The van der Waals surface area contributed by atoms with Crippen LogP contribution in [0.25, 0.3) is 0 Å². The zero-order valence-corrected chi connectivity index (χ0v) is 8.40. The van der Waals surface area contributed by atoms with Crippen molar-refractivity contribution in [1.82, 2.24) is 4.98 Å². The molecule has 1 aromatic rings. The van der Waals surface area contributed by atoms with E-state index in [1.807, 2.05) is 0 Å². The van der Waals surface area contributed by atoms with E-state index >= 15 is 0 Å². The van der Waals surface area contributed by atoms with Gasteiger partial charge >= 0.3 is 0 Å². The smallest absolute Gasteiger partial charge is 0.237 e. The first-order valence-electron chi connectivity index (χ1n) is 4.75. The number of hydrogen-bond acceptors (Lipinski definition) is 4. The Kier molecular flexibility index (Phi) is 4.78. The average molecular weight is 196 g/mol. The fourth-order valence-corrected chi connectivity index (χ4v) is 0.968. The summed E-state index contributed by atoms with van der Waals surface area (Å²) in [5, 5.41) is 0. The fraction of sp³-hybridized carbons (Fsp3) is 0.500. The van der Waals surface area contributed by atoms with Gasteiger partial charge in [-0.2, -0.15) is 0 Å². The molecule has 0 bridgehead atoms. The van der Waals surface area contributed by atoms with Crippen molar-refractivity contribution in [2.75, 3.05) is 25.6 Å². The second-order valence-corrected chi connectivity index (χ2v) is 2.86. The highest BCUT2D eigenvalue weighted by atomic mass is 16.5. The zero-order chi connectivity index (χ0) is 10.2. The SMILES string of the molecule is CCCOCCOc1ncccc1N. The number of nitrogens with two attached hydrogens (primary N) is 1. The Labute approximate surface area is 84.0 Å². The van der Waals surface area contributed by atoms with Crippen molar-refractivity contribution in [3.8, 4) is 5.88 Å². The average Bonchev–Trinajstić information content (AvgIpc) is 2.20. The van der Waals surface area contributed by atoms with Gasteiger partial charge in [0.1, 0.15) is 6.61 Å². The Bertz CT molecular complexity index is 266. The third-order valence-electron chi connectivity index (χ3n) is 1.62. The van der Waals surface area contributed by atoms with E-state index in [2.05, 4.69) is 11.9 Å². The predicted octanol–water partition coefficient (Wildman–Crippen LogP) is 1.47. The van der Waals surface area contributed by atoms with Crippen molar-refractivity contribution in [2.45, 2.75) is 13.3 Å². The van der Waals surface area contributed by atoms with E-state index in [-0.39, 0.29) is 0 Å². The van der Waals surface area contributed by atoms with Gasteiger partial charge in [0.05, 0.1) is 12.3 Å². The molecule has 0 aliphatic carbocycles. The van der Waals surface area contributed by atoms with E-state index in [4.69, 9.17) is 15.2 Å². The lowest BCUT2D eigenvalue weighted by Crippen LogP contribution is -2.09. The number of aromatic nitrogens is 1. The highest BCUT2D eigenvalue weighted by Crippen LogP contribution is 2.15. The van der Waals surface area contributed by atoms with Gasteiger partial charge in [-0.3, -0.25) is 0 Å². The van der Waals surface area contributed by atoms with Crippen LogP contribution in [0.1, 0.15) is 13.3 Å². The Balaban J connectivity index is 2.21. The Hall–Kier alpha value is -1.29. The van der Waals surface area contributed by atoms with Crippen molar-refractivity contribution >= 4 is 5.69 Å². The van der Waals surface area contributed by atoms with Gasteiger partial charge in [0.2, 0.25) is 5.88 Å². The number of nitrogen functional groups attached to an aromatic ring is 1. The summed E-state index contributed by atoms with van der Waals surface area (Å²) in [6.07, 6.45) is 2.67. The van der Waals surface area contributed by atoms with Crippen LogP contribution in [0.15, 0.2) is 18.3 Å². The molecule has 4 nitrogen and oxygen atoms in total. The van der Waals surface area contributed by atoms with Crippen LogP contribution in [0.2, 0.25) is 0 Å². The van der Waals surface area contributed by atoms with E-state index in [0.717, 1.165) is 13.0 Å². The van der Waals surface area contributed by atoms with Gasteiger partial charge in [-0.15, -0.1) is 0 Å².